The molecular weight excluding hydrogens is 641 g/mol. The average Bonchev–Trinajstić information content (AvgIpc) is 3.79. The van der Waals surface area contributed by atoms with Gasteiger partial charge in [0.05, 0.1) is 24.4 Å². The fourth-order valence-corrected chi connectivity index (χ4v) is 7.02. The van der Waals surface area contributed by atoms with Crippen LogP contribution in [0.1, 0.15) is 177 Å². The van der Waals surface area contributed by atoms with Crippen molar-refractivity contribution in [2.45, 2.75) is 201 Å². The van der Waals surface area contributed by atoms with E-state index >= 15 is 0 Å². The number of aliphatic hydroxyl groups is 2. The summed E-state index contributed by atoms with van der Waals surface area (Å²) in [6, 6.07) is 0. The van der Waals surface area contributed by atoms with Gasteiger partial charge in [-0.3, -0.25) is 0 Å². The molecule has 0 aromatic rings. The first-order valence-corrected chi connectivity index (χ1v) is 19.6. The summed E-state index contributed by atoms with van der Waals surface area (Å²) in [7, 11) is 0. The summed E-state index contributed by atoms with van der Waals surface area (Å²) in [6.07, 6.45) is 25.5. The van der Waals surface area contributed by atoms with Crippen LogP contribution in [0.2, 0.25) is 0 Å². The predicted molar refractivity (Wildman–Crippen MR) is 199 cm³/mol. The maximum absolute atomic E-state index is 9.85. The van der Waals surface area contributed by atoms with Crippen molar-refractivity contribution in [2.24, 2.45) is 29.6 Å². The fraction of sp³-hybridized carbons (Fsp3) is 0.857. The molecule has 9 unspecified atom stereocenters. The average molecular weight is 722 g/mol. The molecule has 4 fully saturated rings. The van der Waals surface area contributed by atoms with Gasteiger partial charge in [0.25, 0.3) is 0 Å². The van der Waals surface area contributed by atoms with Gasteiger partial charge in [-0.05, 0) is 83.0 Å². The van der Waals surface area contributed by atoms with Crippen LogP contribution in [0.4, 0.5) is 0 Å². The summed E-state index contributed by atoms with van der Waals surface area (Å²) in [4.78, 5) is 0. The van der Waals surface area contributed by atoms with Crippen LogP contribution in [0.15, 0.2) is 24.3 Å². The third-order valence-electron chi connectivity index (χ3n) is 10.2. The van der Waals surface area contributed by atoms with E-state index < -0.39 is 0 Å². The number of aliphatic hydroxyl groups excluding tert-OH is 2. The van der Waals surface area contributed by atoms with Crippen molar-refractivity contribution in [1.29, 1.82) is 0 Å². The molecule has 4 heteroatoms. The van der Waals surface area contributed by atoms with Gasteiger partial charge in [0.2, 0.25) is 0 Å². The zero-order valence-electron chi connectivity index (χ0n) is 32.0. The van der Waals surface area contributed by atoms with Crippen molar-refractivity contribution in [3.63, 3.8) is 0 Å². The molecule has 1 radical (unpaired) electrons. The minimum atomic E-state index is -0.191. The standard InChI is InChI=1S/C19H36O.C10H17O.C7H11O.C4H10.C2H6.Y/c1-4-6-7-8-10-16(3)11-12-17-13-14-19(20)15-18(17)9-5-2;1-7(2)9-5-4-8(3)6-10(9)11;1-5-2-3-6-7(4-5)8-6;1-3-4-2;1-2;/h17-20H,3-15H2,1-2H3;8-11H,1,3-6H2,2H3;5-7H,1-4H2;3-4H2,1-2H3;1-2H3;/q;2*-1;;;. The smallest absolute Gasteiger partial charge is 0.0840 e. The molecule has 0 spiro atoms. The van der Waals surface area contributed by atoms with Gasteiger partial charge in [-0.1, -0.05) is 130 Å². The maximum atomic E-state index is 9.85. The number of rotatable bonds is 12. The summed E-state index contributed by atoms with van der Waals surface area (Å²) >= 11 is 0. The molecule has 0 aromatic heterocycles. The number of allylic oxidation sites excluding steroid dienone is 1. The number of epoxide rings is 1. The number of hydrogen-bond acceptors (Lipinski definition) is 3. The Hall–Kier alpha value is 0.464. The van der Waals surface area contributed by atoms with Gasteiger partial charge in [-0.15, -0.1) is 0 Å². The third-order valence-corrected chi connectivity index (χ3v) is 10.2. The van der Waals surface area contributed by atoms with Crippen molar-refractivity contribution in [3.8, 4) is 0 Å². The molecule has 46 heavy (non-hydrogen) atoms. The molecular formula is C42H80O3Y-2. The largest absolute Gasteiger partial charge is 0.393 e. The zero-order chi connectivity index (χ0) is 34.2. The molecule has 0 bridgehead atoms. The quantitative estimate of drug-likeness (QED) is 0.0913. The van der Waals surface area contributed by atoms with E-state index in [9.17, 15) is 10.2 Å². The number of unbranched alkanes of at least 4 members (excludes halogenated alkanes) is 4. The van der Waals surface area contributed by atoms with Crippen molar-refractivity contribution in [2.75, 3.05) is 0 Å². The maximum Gasteiger partial charge on any atom is 0.0840 e. The van der Waals surface area contributed by atoms with E-state index in [-0.39, 0.29) is 44.9 Å². The van der Waals surface area contributed by atoms with Gasteiger partial charge in [0.1, 0.15) is 0 Å². The molecule has 0 amide bonds. The van der Waals surface area contributed by atoms with Gasteiger partial charge in [0, 0.05) is 38.6 Å². The van der Waals surface area contributed by atoms with E-state index in [1.165, 1.54) is 102 Å². The van der Waals surface area contributed by atoms with Gasteiger partial charge in [-0.2, -0.15) is 11.8 Å². The van der Waals surface area contributed by atoms with E-state index in [0.717, 1.165) is 49.5 Å². The fourth-order valence-electron chi connectivity index (χ4n) is 7.02. The van der Waals surface area contributed by atoms with Crippen LogP contribution in [0.5, 0.6) is 0 Å². The summed E-state index contributed by atoms with van der Waals surface area (Å²) in [5, 5.41) is 19.5. The van der Waals surface area contributed by atoms with Gasteiger partial charge >= 0.3 is 0 Å². The van der Waals surface area contributed by atoms with E-state index in [1.54, 1.807) is 0 Å². The molecule has 3 saturated carbocycles. The van der Waals surface area contributed by atoms with Crippen molar-refractivity contribution in [3.05, 3.63) is 38.2 Å². The first kappa shape index (κ1) is 48.6. The van der Waals surface area contributed by atoms with E-state index in [4.69, 9.17) is 4.74 Å². The molecule has 1 heterocycles. The Labute approximate surface area is 314 Å². The first-order chi connectivity index (χ1) is 21.6. The zero-order valence-corrected chi connectivity index (χ0v) is 34.9. The molecule has 1 aliphatic heterocycles. The Morgan fingerprint density at radius 2 is 1.30 bits per heavy atom. The molecule has 271 valence electrons. The molecule has 3 nitrogen and oxygen atoms in total. The Kier molecular flexibility index (Phi) is 32.0. The van der Waals surface area contributed by atoms with E-state index in [0.29, 0.717) is 30.0 Å². The van der Waals surface area contributed by atoms with Crippen molar-refractivity contribution >= 4 is 0 Å². The second-order valence-corrected chi connectivity index (χ2v) is 14.5. The second kappa shape index (κ2) is 30.3. The predicted octanol–water partition coefficient (Wildman–Crippen LogP) is 12.3. The molecule has 9 atom stereocenters. The van der Waals surface area contributed by atoms with Gasteiger partial charge in [-0.25, -0.2) is 0 Å². The van der Waals surface area contributed by atoms with Crippen LogP contribution < -0.4 is 0 Å². The number of fused-ring (bicyclic) bond motifs is 1. The van der Waals surface area contributed by atoms with Crippen LogP contribution >= 0.6 is 0 Å². The van der Waals surface area contributed by atoms with Crippen LogP contribution in [-0.2, 0) is 37.4 Å². The van der Waals surface area contributed by atoms with Crippen LogP contribution in [0, 0.1) is 43.4 Å². The Bertz CT molecular complexity index is 722. The summed E-state index contributed by atoms with van der Waals surface area (Å²) in [6.45, 7) is 31.0. The Morgan fingerprint density at radius 1 is 0.674 bits per heavy atom. The molecule has 1 saturated heterocycles. The van der Waals surface area contributed by atoms with E-state index in [1.807, 2.05) is 20.8 Å². The molecule has 2 N–H and O–H groups in total. The minimum absolute atomic E-state index is 0. The van der Waals surface area contributed by atoms with Crippen LogP contribution in [0.3, 0.4) is 0 Å². The third kappa shape index (κ3) is 23.0. The molecule has 4 rings (SSSR count). The molecule has 0 aromatic carbocycles. The second-order valence-electron chi connectivity index (χ2n) is 14.5. The minimum Gasteiger partial charge on any atom is -0.393 e. The number of hydrogen-bond donors (Lipinski definition) is 2. The summed E-state index contributed by atoms with van der Waals surface area (Å²) < 4.78 is 5.31. The summed E-state index contributed by atoms with van der Waals surface area (Å²) in [5.41, 5.74) is 2.58. The Morgan fingerprint density at radius 3 is 1.83 bits per heavy atom. The normalized spacial score (nSPS) is 30.8. The SMILES string of the molecule is C=C(C)C1CCC([CH2-])CC1O.C=C(CCCCCC)CCC1CCC(O)CC1CCC.CC.CCCC.[CH2-]C1CCC2OC2C1.[Y]. The number of ether oxygens (including phenoxy) is 1. The molecule has 3 aliphatic carbocycles. The van der Waals surface area contributed by atoms with Gasteiger partial charge < -0.3 is 28.8 Å². The monoisotopic (exact) mass is 722 g/mol. The van der Waals surface area contributed by atoms with Crippen molar-refractivity contribution in [1.82, 2.24) is 0 Å². The van der Waals surface area contributed by atoms with E-state index in [2.05, 4.69) is 54.7 Å². The first-order valence-electron chi connectivity index (χ1n) is 19.6. The Balaban J connectivity index is 0. The molecule has 4 aliphatic rings. The van der Waals surface area contributed by atoms with Crippen LogP contribution in [0.25, 0.3) is 0 Å². The van der Waals surface area contributed by atoms with Crippen LogP contribution in [-0.4, -0.2) is 34.6 Å². The topological polar surface area (TPSA) is 53.0 Å². The van der Waals surface area contributed by atoms with Crippen molar-refractivity contribution < 1.29 is 47.7 Å². The summed E-state index contributed by atoms with van der Waals surface area (Å²) in [5.74, 6) is 3.05. The van der Waals surface area contributed by atoms with Gasteiger partial charge in [0.15, 0.2) is 0 Å².